The van der Waals surface area contributed by atoms with Crippen molar-refractivity contribution in [1.29, 1.82) is 0 Å². The Morgan fingerprint density at radius 2 is 2.08 bits per heavy atom. The molecule has 0 amide bonds. The highest BCUT2D eigenvalue weighted by molar-refractivity contribution is 5.92. The molecule has 12 heavy (non-hydrogen) atoms. The zero-order chi connectivity index (χ0) is 9.35. The van der Waals surface area contributed by atoms with Crippen LogP contribution in [0.15, 0.2) is 11.8 Å². The van der Waals surface area contributed by atoms with Gasteiger partial charge in [-0.2, -0.15) is 0 Å². The average molecular weight is 168 g/mol. The molecule has 0 aromatic rings. The second kappa shape index (κ2) is 2.92. The Morgan fingerprint density at radius 1 is 1.50 bits per heavy atom. The second-order valence-electron chi connectivity index (χ2n) is 4.37. The van der Waals surface area contributed by atoms with Gasteiger partial charge >= 0.3 is 0 Å². The summed E-state index contributed by atoms with van der Waals surface area (Å²) in [5, 5.41) is 0. The van der Waals surface area contributed by atoms with Crippen molar-refractivity contribution in [2.75, 3.05) is 6.61 Å². The van der Waals surface area contributed by atoms with Gasteiger partial charge in [-0.1, -0.05) is 27.7 Å². The number of hydrogen-bond donors (Lipinski definition) is 0. The molecule has 0 aliphatic carbocycles. The molecule has 0 saturated carbocycles. The van der Waals surface area contributed by atoms with Crippen molar-refractivity contribution in [3.05, 3.63) is 11.8 Å². The van der Waals surface area contributed by atoms with Crippen LogP contribution in [0.1, 0.15) is 27.7 Å². The smallest absolute Gasteiger partial charge is 0.165 e. The minimum atomic E-state index is -0.0458. The van der Waals surface area contributed by atoms with E-state index < -0.39 is 0 Å². The van der Waals surface area contributed by atoms with E-state index in [0.29, 0.717) is 6.61 Å². The molecule has 2 nitrogen and oxygen atoms in total. The van der Waals surface area contributed by atoms with Gasteiger partial charge in [0.25, 0.3) is 0 Å². The van der Waals surface area contributed by atoms with Crippen molar-refractivity contribution < 1.29 is 9.53 Å². The first-order valence-electron chi connectivity index (χ1n) is 4.30. The molecule has 0 radical (unpaired) electrons. The fraction of sp³-hybridized carbons (Fsp3) is 0.700. The van der Waals surface area contributed by atoms with Crippen LogP contribution in [0.4, 0.5) is 0 Å². The fourth-order valence-corrected chi connectivity index (χ4v) is 1.04. The molecule has 68 valence electrons. The molecule has 1 atom stereocenters. The maximum atomic E-state index is 11.3. The quantitative estimate of drug-likeness (QED) is 0.554. The number of carbonyl (C=O) groups is 1. The average Bonchev–Trinajstić information content (AvgIpc) is 1.92. The molecule has 0 aromatic carbocycles. The van der Waals surface area contributed by atoms with Crippen LogP contribution in [0.25, 0.3) is 0 Å². The zero-order valence-corrected chi connectivity index (χ0v) is 8.18. The first-order valence-corrected chi connectivity index (χ1v) is 4.30. The van der Waals surface area contributed by atoms with Crippen LogP contribution < -0.4 is 0 Å². The van der Waals surface area contributed by atoms with Crippen molar-refractivity contribution in [3.8, 4) is 0 Å². The third kappa shape index (κ3) is 1.87. The molecule has 0 spiro atoms. The van der Waals surface area contributed by atoms with Crippen molar-refractivity contribution >= 4 is 5.78 Å². The van der Waals surface area contributed by atoms with Gasteiger partial charge in [-0.05, 0) is 0 Å². The van der Waals surface area contributed by atoms with Crippen molar-refractivity contribution in [3.63, 3.8) is 0 Å². The molecular formula is C10H16O2. The molecule has 0 bridgehead atoms. The van der Waals surface area contributed by atoms with Gasteiger partial charge in [0.15, 0.2) is 5.78 Å². The van der Waals surface area contributed by atoms with Crippen molar-refractivity contribution in [2.45, 2.75) is 27.7 Å². The Labute approximate surface area is 73.6 Å². The summed E-state index contributed by atoms with van der Waals surface area (Å²) >= 11 is 0. The van der Waals surface area contributed by atoms with E-state index in [0.717, 1.165) is 5.76 Å². The predicted molar refractivity (Wildman–Crippen MR) is 47.7 cm³/mol. The van der Waals surface area contributed by atoms with Gasteiger partial charge in [0, 0.05) is 11.5 Å². The van der Waals surface area contributed by atoms with E-state index in [1.165, 1.54) is 0 Å². The second-order valence-corrected chi connectivity index (χ2v) is 4.37. The first kappa shape index (κ1) is 9.30. The van der Waals surface area contributed by atoms with Gasteiger partial charge < -0.3 is 4.74 Å². The van der Waals surface area contributed by atoms with Crippen LogP contribution in [0.5, 0.6) is 0 Å². The number of allylic oxidation sites excluding steroid dienone is 2. The van der Waals surface area contributed by atoms with Crippen LogP contribution in [-0.4, -0.2) is 12.4 Å². The minimum absolute atomic E-state index is 0.0242. The zero-order valence-electron chi connectivity index (χ0n) is 8.18. The summed E-state index contributed by atoms with van der Waals surface area (Å²) in [5.74, 6) is 1.02. The third-order valence-corrected chi connectivity index (χ3v) is 1.99. The third-order valence-electron chi connectivity index (χ3n) is 1.99. The predicted octanol–water partition coefficient (Wildman–Crippen LogP) is 2.15. The van der Waals surface area contributed by atoms with E-state index in [1.807, 2.05) is 27.7 Å². The van der Waals surface area contributed by atoms with Gasteiger partial charge in [-0.3, -0.25) is 4.79 Å². The number of ether oxygens (including phenoxy) is 1. The molecule has 2 heteroatoms. The number of carbonyl (C=O) groups excluding carboxylic acids is 1. The lowest BCUT2D eigenvalue weighted by molar-refractivity contribution is -0.121. The summed E-state index contributed by atoms with van der Waals surface area (Å²) in [5.41, 5.74) is -0.0458. The van der Waals surface area contributed by atoms with Gasteiger partial charge in [0.05, 0.1) is 12.5 Å². The Balaban J connectivity index is 2.83. The van der Waals surface area contributed by atoms with Crippen molar-refractivity contribution in [1.82, 2.24) is 0 Å². The van der Waals surface area contributed by atoms with Crippen LogP contribution in [-0.2, 0) is 9.53 Å². The van der Waals surface area contributed by atoms with Gasteiger partial charge in [-0.15, -0.1) is 0 Å². The standard InChI is InChI=1S/C10H16O2/c1-7-6-12-9(5-8(7)11)10(2,3)4/h5,7H,6H2,1-4H3. The number of rotatable bonds is 0. The van der Waals surface area contributed by atoms with Gasteiger partial charge in [0.1, 0.15) is 5.76 Å². The van der Waals surface area contributed by atoms with E-state index in [4.69, 9.17) is 4.74 Å². The Bertz CT molecular complexity index is 220. The van der Waals surface area contributed by atoms with E-state index >= 15 is 0 Å². The Hall–Kier alpha value is -0.790. The monoisotopic (exact) mass is 168 g/mol. The normalized spacial score (nSPS) is 24.8. The fourth-order valence-electron chi connectivity index (χ4n) is 1.04. The Kier molecular flexibility index (Phi) is 2.27. The van der Waals surface area contributed by atoms with Crippen LogP contribution >= 0.6 is 0 Å². The maximum Gasteiger partial charge on any atom is 0.165 e. The molecule has 0 fully saturated rings. The molecule has 0 N–H and O–H groups in total. The highest BCUT2D eigenvalue weighted by Crippen LogP contribution is 2.29. The molecule has 0 saturated heterocycles. The van der Waals surface area contributed by atoms with Crippen LogP contribution in [0, 0.1) is 11.3 Å². The van der Waals surface area contributed by atoms with Crippen LogP contribution in [0.2, 0.25) is 0 Å². The molecule has 1 unspecified atom stereocenters. The lowest BCUT2D eigenvalue weighted by atomic mass is 9.90. The summed E-state index contributed by atoms with van der Waals surface area (Å²) in [4.78, 5) is 11.3. The maximum absolute atomic E-state index is 11.3. The lowest BCUT2D eigenvalue weighted by Crippen LogP contribution is -2.26. The lowest BCUT2D eigenvalue weighted by Gasteiger charge is -2.27. The summed E-state index contributed by atoms with van der Waals surface area (Å²) in [7, 11) is 0. The first-order chi connectivity index (χ1) is 5.41. The molecule has 0 aromatic heterocycles. The highest BCUT2D eigenvalue weighted by atomic mass is 16.5. The van der Waals surface area contributed by atoms with E-state index in [9.17, 15) is 4.79 Å². The topological polar surface area (TPSA) is 26.3 Å². The van der Waals surface area contributed by atoms with Crippen molar-refractivity contribution in [2.24, 2.45) is 11.3 Å². The van der Waals surface area contributed by atoms with E-state index in [1.54, 1.807) is 6.08 Å². The van der Waals surface area contributed by atoms with Crippen LogP contribution in [0.3, 0.4) is 0 Å². The number of hydrogen-bond acceptors (Lipinski definition) is 2. The molecule has 1 rings (SSSR count). The summed E-state index contributed by atoms with van der Waals surface area (Å²) in [6.07, 6.45) is 1.63. The highest BCUT2D eigenvalue weighted by Gasteiger charge is 2.26. The summed E-state index contributed by atoms with van der Waals surface area (Å²) in [6, 6.07) is 0. The van der Waals surface area contributed by atoms with E-state index in [-0.39, 0.29) is 17.1 Å². The minimum Gasteiger partial charge on any atom is -0.496 e. The molecule has 1 aliphatic rings. The molecular weight excluding hydrogens is 152 g/mol. The Morgan fingerprint density at radius 3 is 2.50 bits per heavy atom. The summed E-state index contributed by atoms with van der Waals surface area (Å²) in [6.45, 7) is 8.55. The largest absolute Gasteiger partial charge is 0.496 e. The van der Waals surface area contributed by atoms with Gasteiger partial charge in [-0.25, -0.2) is 0 Å². The SMILES string of the molecule is CC1COC(C(C)(C)C)=CC1=O. The summed E-state index contributed by atoms with van der Waals surface area (Å²) < 4.78 is 5.47. The number of ketones is 1. The van der Waals surface area contributed by atoms with Gasteiger partial charge in [0.2, 0.25) is 0 Å². The molecule has 1 heterocycles. The van der Waals surface area contributed by atoms with E-state index in [2.05, 4.69) is 0 Å². The molecule has 1 aliphatic heterocycles.